The maximum atomic E-state index is 14.9. The zero-order valence-electron chi connectivity index (χ0n) is 20.1. The number of halogens is 4. The Morgan fingerprint density at radius 3 is 2.51 bits per heavy atom. The standard InChI is InChI=1S/C20H20FN7O4.C2HF3O2/c1-27-19(24-25-26-27)17-5-2-12(9-23-17)15-4-3-13(8-16(15)21)28-10-14(32-20(28)30)11-31-18(29)6-7-22;3-2(4,5)1(6)7/h2-5,8-9,14H,6-7,10-11,22H2,1H3;(H,6,7)/t14-;/m1./s1. The van der Waals surface area contributed by atoms with Gasteiger partial charge in [0.15, 0.2) is 11.9 Å². The number of aryl methyl sites for hydroxylation is 1. The summed E-state index contributed by atoms with van der Waals surface area (Å²) in [6.07, 6.45) is -4.75. The first kappa shape index (κ1) is 28.9. The Morgan fingerprint density at radius 1 is 1.26 bits per heavy atom. The molecule has 0 spiro atoms. The van der Waals surface area contributed by atoms with Crippen molar-refractivity contribution in [3.8, 4) is 22.6 Å². The van der Waals surface area contributed by atoms with Gasteiger partial charge in [0, 0.05) is 30.9 Å². The molecule has 1 saturated heterocycles. The third-order valence-electron chi connectivity index (χ3n) is 5.08. The van der Waals surface area contributed by atoms with Crippen molar-refractivity contribution in [1.82, 2.24) is 25.2 Å². The Labute approximate surface area is 217 Å². The van der Waals surface area contributed by atoms with Crippen molar-refractivity contribution in [3.63, 3.8) is 0 Å². The molecule has 0 radical (unpaired) electrons. The molecule has 1 aromatic carbocycles. The van der Waals surface area contributed by atoms with Crippen molar-refractivity contribution in [2.24, 2.45) is 12.8 Å². The van der Waals surface area contributed by atoms with Crippen molar-refractivity contribution in [1.29, 1.82) is 0 Å². The van der Waals surface area contributed by atoms with Crippen LogP contribution < -0.4 is 10.6 Å². The lowest BCUT2D eigenvalue weighted by molar-refractivity contribution is -0.192. The van der Waals surface area contributed by atoms with Gasteiger partial charge in [-0.2, -0.15) is 13.2 Å². The lowest BCUT2D eigenvalue weighted by atomic mass is 10.1. The van der Waals surface area contributed by atoms with E-state index in [1.807, 2.05) is 0 Å². The van der Waals surface area contributed by atoms with Crippen molar-refractivity contribution in [2.45, 2.75) is 18.7 Å². The Balaban J connectivity index is 0.000000532. The Kier molecular flexibility index (Phi) is 9.08. The first-order chi connectivity index (χ1) is 18.4. The molecule has 17 heteroatoms. The minimum Gasteiger partial charge on any atom is -0.475 e. The van der Waals surface area contributed by atoms with E-state index >= 15 is 0 Å². The van der Waals surface area contributed by atoms with Crippen LogP contribution in [-0.4, -0.2) is 80.3 Å². The van der Waals surface area contributed by atoms with Gasteiger partial charge in [-0.15, -0.1) is 5.10 Å². The van der Waals surface area contributed by atoms with Gasteiger partial charge < -0.3 is 20.3 Å². The number of esters is 1. The summed E-state index contributed by atoms with van der Waals surface area (Å²) in [5, 5.41) is 18.3. The number of amides is 1. The largest absolute Gasteiger partial charge is 0.490 e. The summed E-state index contributed by atoms with van der Waals surface area (Å²) in [6.45, 7) is 0.229. The molecule has 1 atom stereocenters. The summed E-state index contributed by atoms with van der Waals surface area (Å²) in [6, 6.07) is 7.84. The quantitative estimate of drug-likeness (QED) is 0.322. The zero-order valence-corrected chi connectivity index (χ0v) is 20.1. The van der Waals surface area contributed by atoms with Gasteiger partial charge in [-0.1, -0.05) is 6.07 Å². The number of nitrogens with two attached hydrogens (primary N) is 1. The molecular weight excluding hydrogens is 534 g/mol. The van der Waals surface area contributed by atoms with Crippen LogP contribution in [0.4, 0.5) is 28.0 Å². The minimum atomic E-state index is -5.08. The van der Waals surface area contributed by atoms with Gasteiger partial charge in [-0.3, -0.25) is 14.7 Å². The summed E-state index contributed by atoms with van der Waals surface area (Å²) >= 11 is 0. The smallest absolute Gasteiger partial charge is 0.475 e. The number of cyclic esters (lactones) is 1. The van der Waals surface area contributed by atoms with E-state index in [2.05, 4.69) is 20.5 Å². The molecule has 1 aliphatic rings. The van der Waals surface area contributed by atoms with Crippen LogP contribution in [0, 0.1) is 5.82 Å². The number of hydrogen-bond donors (Lipinski definition) is 2. The summed E-state index contributed by atoms with van der Waals surface area (Å²) < 4.78 is 58.3. The van der Waals surface area contributed by atoms with E-state index in [9.17, 15) is 27.2 Å². The van der Waals surface area contributed by atoms with Crippen LogP contribution >= 0.6 is 0 Å². The maximum absolute atomic E-state index is 14.9. The predicted molar refractivity (Wildman–Crippen MR) is 123 cm³/mol. The molecule has 0 saturated carbocycles. The average molecular weight is 555 g/mol. The van der Waals surface area contributed by atoms with Crippen LogP contribution in [0.25, 0.3) is 22.6 Å². The Hall–Kier alpha value is -4.67. The number of carboxylic acids is 1. The van der Waals surface area contributed by atoms with Crippen LogP contribution in [0.3, 0.4) is 0 Å². The molecule has 2 aromatic heterocycles. The van der Waals surface area contributed by atoms with Gasteiger partial charge in [0.1, 0.15) is 18.1 Å². The average Bonchev–Trinajstić information content (AvgIpc) is 3.48. The van der Waals surface area contributed by atoms with Gasteiger partial charge in [0.2, 0.25) is 0 Å². The molecule has 39 heavy (non-hydrogen) atoms. The molecule has 0 bridgehead atoms. The summed E-state index contributed by atoms with van der Waals surface area (Å²) in [4.78, 5) is 38.1. The van der Waals surface area contributed by atoms with Crippen molar-refractivity contribution in [3.05, 3.63) is 42.3 Å². The third kappa shape index (κ3) is 7.44. The Morgan fingerprint density at radius 2 is 1.97 bits per heavy atom. The first-order valence-corrected chi connectivity index (χ1v) is 11.0. The van der Waals surface area contributed by atoms with Crippen LogP contribution in [0.1, 0.15) is 6.42 Å². The predicted octanol–water partition coefficient (Wildman–Crippen LogP) is 1.93. The highest BCUT2D eigenvalue weighted by Gasteiger charge is 2.38. The van der Waals surface area contributed by atoms with Crippen LogP contribution in [0.5, 0.6) is 0 Å². The topological polar surface area (TPSA) is 176 Å². The highest BCUT2D eigenvalue weighted by atomic mass is 19.4. The molecule has 0 unspecified atom stereocenters. The molecule has 3 N–H and O–H groups in total. The second kappa shape index (κ2) is 12.2. The Bertz CT molecular complexity index is 1330. The number of carbonyl (C=O) groups excluding carboxylic acids is 2. The van der Waals surface area contributed by atoms with E-state index in [1.165, 1.54) is 21.8 Å². The fraction of sp³-hybridized carbons (Fsp3) is 0.318. The number of nitrogens with zero attached hydrogens (tertiary/aromatic N) is 6. The van der Waals surface area contributed by atoms with Gasteiger partial charge in [-0.25, -0.2) is 18.7 Å². The molecule has 0 aliphatic carbocycles. The second-order valence-corrected chi connectivity index (χ2v) is 7.86. The number of carbonyl (C=O) groups is 3. The zero-order chi connectivity index (χ0) is 28.7. The van der Waals surface area contributed by atoms with Crippen LogP contribution in [0.15, 0.2) is 36.5 Å². The number of hydrogen-bond acceptors (Lipinski definition) is 10. The van der Waals surface area contributed by atoms with Crippen molar-refractivity contribution in [2.75, 3.05) is 24.6 Å². The molecule has 208 valence electrons. The number of rotatable bonds is 7. The SMILES string of the molecule is Cn1nnnc1-c1ccc(-c2ccc(N3C[C@H](COC(=O)CCN)OC3=O)cc2F)cn1.O=C(O)C(F)(F)F. The summed E-state index contributed by atoms with van der Waals surface area (Å²) in [5.74, 6) is -3.26. The summed E-state index contributed by atoms with van der Waals surface area (Å²) in [5.41, 5.74) is 7.06. The number of tetrazole rings is 1. The number of alkyl halides is 3. The molecular formula is C22H21F4N7O6. The van der Waals surface area contributed by atoms with E-state index in [-0.39, 0.29) is 26.1 Å². The van der Waals surface area contributed by atoms with E-state index in [0.717, 1.165) is 0 Å². The first-order valence-electron chi connectivity index (χ1n) is 11.0. The van der Waals surface area contributed by atoms with Gasteiger partial charge >= 0.3 is 24.2 Å². The van der Waals surface area contributed by atoms with Crippen LogP contribution in [0.2, 0.25) is 0 Å². The highest BCUT2D eigenvalue weighted by Crippen LogP contribution is 2.29. The molecule has 1 amide bonds. The number of aliphatic carboxylic acids is 1. The number of aromatic nitrogens is 5. The van der Waals surface area contributed by atoms with E-state index in [1.54, 1.807) is 31.3 Å². The molecule has 3 heterocycles. The highest BCUT2D eigenvalue weighted by molar-refractivity contribution is 5.90. The lowest BCUT2D eigenvalue weighted by Gasteiger charge is -2.14. The fourth-order valence-electron chi connectivity index (χ4n) is 3.23. The van der Waals surface area contributed by atoms with Gasteiger partial charge in [0.05, 0.1) is 18.7 Å². The van der Waals surface area contributed by atoms with E-state index in [4.69, 9.17) is 25.1 Å². The molecule has 3 aromatic rings. The number of ether oxygens (including phenoxy) is 2. The van der Waals surface area contributed by atoms with E-state index in [0.29, 0.717) is 28.3 Å². The van der Waals surface area contributed by atoms with Crippen molar-refractivity contribution >= 4 is 23.7 Å². The number of pyridine rings is 1. The minimum absolute atomic E-state index is 0.0826. The van der Waals surface area contributed by atoms with Crippen LogP contribution in [-0.2, 0) is 26.1 Å². The fourth-order valence-corrected chi connectivity index (χ4v) is 3.23. The molecule has 13 nitrogen and oxygen atoms in total. The number of benzene rings is 1. The van der Waals surface area contributed by atoms with Crippen molar-refractivity contribution < 1.29 is 46.5 Å². The second-order valence-electron chi connectivity index (χ2n) is 7.86. The van der Waals surface area contributed by atoms with E-state index < -0.39 is 36.1 Å². The number of anilines is 1. The third-order valence-corrected chi connectivity index (χ3v) is 5.08. The van der Waals surface area contributed by atoms with Gasteiger partial charge in [-0.05, 0) is 34.7 Å². The molecule has 4 rings (SSSR count). The number of carboxylic acid groups (broad SMARTS) is 1. The monoisotopic (exact) mass is 555 g/mol. The maximum Gasteiger partial charge on any atom is 0.490 e. The molecule has 1 fully saturated rings. The normalized spacial score (nSPS) is 14.9. The molecule has 1 aliphatic heterocycles. The summed E-state index contributed by atoms with van der Waals surface area (Å²) in [7, 11) is 1.70. The lowest BCUT2D eigenvalue weighted by Crippen LogP contribution is -2.27. The van der Waals surface area contributed by atoms with Gasteiger partial charge in [0.25, 0.3) is 0 Å².